The van der Waals surface area contributed by atoms with Gasteiger partial charge in [0, 0.05) is 24.4 Å². The fourth-order valence-electron chi connectivity index (χ4n) is 6.10. The molecule has 6 heteroatoms. The Balaban J connectivity index is 1.74. The molecule has 4 heterocycles. The van der Waals surface area contributed by atoms with E-state index in [4.69, 9.17) is 9.57 Å². The molecule has 6 atom stereocenters. The van der Waals surface area contributed by atoms with E-state index >= 15 is 0 Å². The lowest BCUT2D eigenvalue weighted by molar-refractivity contribution is -0.158. The van der Waals surface area contributed by atoms with Crippen molar-refractivity contribution in [2.75, 3.05) is 32.4 Å². The molecule has 4 bridgehead atoms. The Kier molecular flexibility index (Phi) is 3.78. The number of hydrogen-bond acceptors (Lipinski definition) is 5. The molecule has 4 fully saturated rings. The molecule has 3 saturated heterocycles. The molecule has 0 unspecified atom stereocenters. The molecular formula is C21H26N2O4. The monoisotopic (exact) mass is 370 g/mol. The summed E-state index contributed by atoms with van der Waals surface area (Å²) in [6, 6.07) is 7.92. The van der Waals surface area contributed by atoms with Crippen LogP contribution in [0.3, 0.4) is 0 Å². The number of rotatable bonds is 1. The normalized spacial score (nSPS) is 42.1. The topological polar surface area (TPSA) is 62.2 Å². The molecule has 0 aromatic heterocycles. The molecule has 1 saturated carbocycles. The van der Waals surface area contributed by atoms with Gasteiger partial charge >= 0.3 is 0 Å². The Hall–Kier alpha value is -1.73. The number of benzene rings is 1. The van der Waals surface area contributed by atoms with E-state index in [2.05, 4.69) is 18.0 Å². The Labute approximate surface area is 159 Å². The fourth-order valence-corrected chi connectivity index (χ4v) is 6.10. The van der Waals surface area contributed by atoms with Crippen molar-refractivity contribution in [2.45, 2.75) is 37.0 Å². The lowest BCUT2D eigenvalue weighted by Gasteiger charge is -2.48. The van der Waals surface area contributed by atoms with Gasteiger partial charge in [-0.3, -0.25) is 14.5 Å². The van der Waals surface area contributed by atoms with E-state index in [1.807, 2.05) is 31.2 Å². The van der Waals surface area contributed by atoms with Crippen molar-refractivity contribution >= 4 is 11.6 Å². The Morgan fingerprint density at radius 1 is 1.37 bits per heavy atom. The summed E-state index contributed by atoms with van der Waals surface area (Å²) in [7, 11) is 3.63. The molecule has 6 nitrogen and oxygen atoms in total. The van der Waals surface area contributed by atoms with Gasteiger partial charge in [0.15, 0.2) is 0 Å². The number of anilines is 1. The number of ether oxygens (including phenoxy) is 1. The average Bonchev–Trinajstić information content (AvgIpc) is 2.79. The summed E-state index contributed by atoms with van der Waals surface area (Å²) in [5, 5.41) is 12.8. The molecule has 1 aromatic rings. The zero-order valence-corrected chi connectivity index (χ0v) is 16.0. The number of fused-ring (bicyclic) bond motifs is 2. The number of piperidine rings is 1. The molecule has 1 N–H and O–H groups in total. The van der Waals surface area contributed by atoms with Crippen LogP contribution in [0.25, 0.3) is 0 Å². The van der Waals surface area contributed by atoms with Gasteiger partial charge in [-0.25, -0.2) is 0 Å². The van der Waals surface area contributed by atoms with Crippen LogP contribution in [0.5, 0.6) is 0 Å². The molecule has 1 aromatic carbocycles. The van der Waals surface area contributed by atoms with E-state index in [0.717, 1.165) is 17.8 Å². The number of allylic oxidation sites excluding steroid dienone is 1. The Morgan fingerprint density at radius 2 is 2.15 bits per heavy atom. The van der Waals surface area contributed by atoms with Crippen LogP contribution in [0.15, 0.2) is 35.9 Å². The third-order valence-electron chi connectivity index (χ3n) is 7.27. The molecule has 6 rings (SSSR count). The zero-order valence-electron chi connectivity index (χ0n) is 16.0. The molecule has 4 aliphatic heterocycles. The van der Waals surface area contributed by atoms with E-state index < -0.39 is 17.6 Å². The number of carbonyl (C=O) groups excluding carboxylic acids is 1. The summed E-state index contributed by atoms with van der Waals surface area (Å²) >= 11 is 0. The van der Waals surface area contributed by atoms with E-state index in [1.54, 1.807) is 0 Å². The Morgan fingerprint density at radius 3 is 2.89 bits per heavy atom. The molecule has 1 aliphatic carbocycles. The minimum atomic E-state index is -0.919. The summed E-state index contributed by atoms with van der Waals surface area (Å²) < 4.78 is 6.24. The van der Waals surface area contributed by atoms with Crippen LogP contribution in [0.1, 0.15) is 18.9 Å². The third-order valence-corrected chi connectivity index (χ3v) is 7.27. The summed E-state index contributed by atoms with van der Waals surface area (Å²) in [4.78, 5) is 21.5. The van der Waals surface area contributed by atoms with Gasteiger partial charge in [0.05, 0.1) is 25.5 Å². The van der Waals surface area contributed by atoms with Crippen LogP contribution in [0.2, 0.25) is 0 Å². The van der Waals surface area contributed by atoms with E-state index in [0.29, 0.717) is 13.0 Å². The quantitative estimate of drug-likeness (QED) is 0.759. The first-order chi connectivity index (χ1) is 13.0. The number of hydroxylamine groups is 1. The number of likely N-dealkylation sites (tertiary alicyclic amines) is 1. The summed E-state index contributed by atoms with van der Waals surface area (Å²) in [6.07, 6.45) is 1.49. The van der Waals surface area contributed by atoms with Gasteiger partial charge in [-0.2, -0.15) is 5.06 Å². The van der Waals surface area contributed by atoms with Gasteiger partial charge in [0.2, 0.25) is 0 Å². The van der Waals surface area contributed by atoms with Gasteiger partial charge in [0.25, 0.3) is 5.91 Å². The Bertz CT molecular complexity index is 824. The van der Waals surface area contributed by atoms with Gasteiger partial charge in [-0.1, -0.05) is 29.8 Å². The number of para-hydroxylation sites is 1. The predicted octanol–water partition coefficient (Wildman–Crippen LogP) is 1.49. The molecule has 1 amide bonds. The average molecular weight is 370 g/mol. The largest absolute Gasteiger partial charge is 0.390 e. The van der Waals surface area contributed by atoms with Crippen molar-refractivity contribution in [2.24, 2.45) is 11.8 Å². The smallest absolute Gasteiger partial charge is 0.264 e. The van der Waals surface area contributed by atoms with Crippen molar-refractivity contribution in [1.29, 1.82) is 0 Å². The number of amides is 1. The first kappa shape index (κ1) is 17.4. The highest BCUT2D eigenvalue weighted by Crippen LogP contribution is 2.57. The van der Waals surface area contributed by atoms with Crippen molar-refractivity contribution in [3.8, 4) is 0 Å². The highest BCUT2D eigenvalue weighted by Gasteiger charge is 2.67. The first-order valence-corrected chi connectivity index (χ1v) is 9.67. The van der Waals surface area contributed by atoms with Crippen LogP contribution in [-0.4, -0.2) is 61.5 Å². The van der Waals surface area contributed by atoms with Gasteiger partial charge in [-0.05, 0) is 32.0 Å². The molecule has 27 heavy (non-hydrogen) atoms. The highest BCUT2D eigenvalue weighted by molar-refractivity contribution is 6.07. The summed E-state index contributed by atoms with van der Waals surface area (Å²) in [5.41, 5.74) is 2.00. The summed E-state index contributed by atoms with van der Waals surface area (Å²) in [6.45, 7) is 3.43. The minimum absolute atomic E-state index is 0.0471. The third kappa shape index (κ3) is 2.02. The van der Waals surface area contributed by atoms with Gasteiger partial charge < -0.3 is 9.84 Å². The second-order valence-electron chi connectivity index (χ2n) is 8.25. The molecular weight excluding hydrogens is 344 g/mol. The van der Waals surface area contributed by atoms with Crippen molar-refractivity contribution in [3.63, 3.8) is 0 Å². The standard InChI is InChI=1S/C21H26N2O4/c1-4-12-10-22(2)16-9-21(19-18(24)17(12)13(16)11-27-19)14-7-5-6-8-15(14)23(26-3)20(21)25/h4-8,13,16-19,24H,9-11H2,1-3H3/b12-4+/t13-,16+,17+,18+,19-,21+/m1/s1. The van der Waals surface area contributed by atoms with Crippen LogP contribution in [0, 0.1) is 11.8 Å². The maximum Gasteiger partial charge on any atom is 0.264 e. The minimum Gasteiger partial charge on any atom is -0.390 e. The second kappa shape index (κ2) is 5.88. The SMILES string of the molecule is C/C=C1\CN(C)[C@H]2C[C@@]3(C(=O)N(OC)c4ccccc43)[C@@H]3OC[C@H]2[C@H]1[C@@H]3O. The molecule has 1 spiro atoms. The van der Waals surface area contributed by atoms with E-state index in [1.165, 1.54) is 17.7 Å². The van der Waals surface area contributed by atoms with Crippen molar-refractivity contribution < 1.29 is 19.5 Å². The van der Waals surface area contributed by atoms with Crippen LogP contribution < -0.4 is 5.06 Å². The lowest BCUT2D eigenvalue weighted by atomic mass is 9.71. The zero-order chi connectivity index (χ0) is 18.9. The maximum atomic E-state index is 13.7. The number of aliphatic hydroxyl groups is 1. The van der Waals surface area contributed by atoms with Crippen LogP contribution in [0.4, 0.5) is 5.69 Å². The number of hydrogen-bond donors (Lipinski definition) is 1. The predicted molar refractivity (Wildman–Crippen MR) is 100 cm³/mol. The molecule has 144 valence electrons. The van der Waals surface area contributed by atoms with Gasteiger partial charge in [0.1, 0.15) is 11.5 Å². The van der Waals surface area contributed by atoms with Crippen LogP contribution in [-0.2, 0) is 19.8 Å². The van der Waals surface area contributed by atoms with Gasteiger partial charge in [-0.15, -0.1) is 0 Å². The molecule has 0 radical (unpaired) electrons. The summed E-state index contributed by atoms with van der Waals surface area (Å²) in [5.74, 6) is 0.113. The van der Waals surface area contributed by atoms with Crippen LogP contribution >= 0.6 is 0 Å². The number of nitrogens with zero attached hydrogens (tertiary/aromatic N) is 2. The lowest BCUT2D eigenvalue weighted by Crippen LogP contribution is -2.58. The maximum absolute atomic E-state index is 13.7. The second-order valence-corrected chi connectivity index (χ2v) is 8.25. The number of carbonyl (C=O) groups is 1. The number of aliphatic hydroxyl groups excluding tert-OH is 1. The first-order valence-electron chi connectivity index (χ1n) is 9.67. The van der Waals surface area contributed by atoms with E-state index in [-0.39, 0.29) is 23.8 Å². The number of likely N-dealkylation sites (N-methyl/N-ethyl adjacent to an activating group) is 1. The van der Waals surface area contributed by atoms with Crippen molar-refractivity contribution in [1.82, 2.24) is 4.90 Å². The highest BCUT2D eigenvalue weighted by atomic mass is 16.7. The molecule has 5 aliphatic rings. The van der Waals surface area contributed by atoms with Crippen molar-refractivity contribution in [3.05, 3.63) is 41.5 Å². The van der Waals surface area contributed by atoms with E-state index in [9.17, 15) is 9.90 Å². The fraction of sp³-hybridized carbons (Fsp3) is 0.571.